The molecule has 0 bridgehead atoms. The molecule has 0 radical (unpaired) electrons. The van der Waals surface area contributed by atoms with Crippen LogP contribution in [0.3, 0.4) is 0 Å². The summed E-state index contributed by atoms with van der Waals surface area (Å²) in [5.41, 5.74) is 1.66. The van der Waals surface area contributed by atoms with E-state index in [9.17, 15) is 4.79 Å². The predicted octanol–water partition coefficient (Wildman–Crippen LogP) is 3.93. The molecule has 0 aromatic heterocycles. The molecule has 1 aromatic carbocycles. The number of allylic oxidation sites excluding steroid dienone is 2. The molecule has 1 heteroatoms. The highest BCUT2D eigenvalue weighted by Gasteiger charge is 2.41. The van der Waals surface area contributed by atoms with Gasteiger partial charge in [0.2, 0.25) is 0 Å². The van der Waals surface area contributed by atoms with Crippen LogP contribution in [0.25, 0.3) is 0 Å². The Morgan fingerprint density at radius 2 is 2.00 bits per heavy atom. The van der Waals surface area contributed by atoms with Crippen molar-refractivity contribution in [1.82, 2.24) is 0 Å². The maximum atomic E-state index is 11.6. The number of hydrogen-bond donors (Lipinski definition) is 0. The van der Waals surface area contributed by atoms with Gasteiger partial charge in [0.1, 0.15) is 0 Å². The lowest BCUT2D eigenvalue weighted by Crippen LogP contribution is -2.38. The second kappa shape index (κ2) is 4.72. The molecular weight excluding hydrogens is 220 g/mol. The summed E-state index contributed by atoms with van der Waals surface area (Å²) in [5, 5.41) is 0. The fourth-order valence-electron chi connectivity index (χ4n) is 3.70. The van der Waals surface area contributed by atoms with Crippen LogP contribution in [0.5, 0.6) is 0 Å². The van der Waals surface area contributed by atoms with Gasteiger partial charge in [-0.25, -0.2) is 0 Å². The fourth-order valence-corrected chi connectivity index (χ4v) is 3.70. The van der Waals surface area contributed by atoms with E-state index >= 15 is 0 Å². The minimum atomic E-state index is 0.257. The summed E-state index contributed by atoms with van der Waals surface area (Å²) in [5.74, 6) is 0.898. The summed E-state index contributed by atoms with van der Waals surface area (Å²) >= 11 is 0. The Bertz CT molecular complexity index is 460. The van der Waals surface area contributed by atoms with E-state index in [-0.39, 0.29) is 5.41 Å². The van der Waals surface area contributed by atoms with E-state index in [0.717, 1.165) is 12.8 Å². The third kappa shape index (κ3) is 2.14. The fraction of sp³-hybridized carbons (Fsp3) is 0.471. The summed E-state index contributed by atoms with van der Waals surface area (Å²) in [6.07, 6.45) is 11.0. The number of rotatable bonds is 2. The van der Waals surface area contributed by atoms with E-state index < -0.39 is 0 Å². The highest BCUT2D eigenvalue weighted by molar-refractivity contribution is 5.91. The first-order valence-corrected chi connectivity index (χ1v) is 7.04. The van der Waals surface area contributed by atoms with Crippen LogP contribution in [0.15, 0.2) is 42.5 Å². The van der Waals surface area contributed by atoms with Crippen molar-refractivity contribution in [2.24, 2.45) is 11.3 Å². The summed E-state index contributed by atoms with van der Waals surface area (Å²) in [4.78, 5) is 11.6. The molecule has 0 spiro atoms. The van der Waals surface area contributed by atoms with Crippen molar-refractivity contribution in [2.75, 3.05) is 0 Å². The van der Waals surface area contributed by atoms with Gasteiger partial charge in [-0.15, -0.1) is 0 Å². The summed E-state index contributed by atoms with van der Waals surface area (Å²) in [7, 11) is 0. The highest BCUT2D eigenvalue weighted by Crippen LogP contribution is 2.48. The molecule has 18 heavy (non-hydrogen) atoms. The molecule has 0 saturated heterocycles. The smallest absolute Gasteiger partial charge is 0.155 e. The van der Waals surface area contributed by atoms with Crippen LogP contribution >= 0.6 is 0 Å². The molecule has 3 rings (SSSR count). The quantitative estimate of drug-likeness (QED) is 0.765. The van der Waals surface area contributed by atoms with Crippen molar-refractivity contribution >= 4 is 5.78 Å². The van der Waals surface area contributed by atoms with Gasteiger partial charge in [-0.2, -0.15) is 0 Å². The second-order valence-corrected chi connectivity index (χ2v) is 5.84. The molecule has 2 atom stereocenters. The molecule has 2 aliphatic carbocycles. The Balaban J connectivity index is 1.90. The number of fused-ring (bicyclic) bond motifs is 1. The van der Waals surface area contributed by atoms with Crippen LogP contribution in [0, 0.1) is 11.3 Å². The Kier molecular flexibility index (Phi) is 3.07. The van der Waals surface area contributed by atoms with Crippen molar-refractivity contribution in [2.45, 2.75) is 38.5 Å². The van der Waals surface area contributed by atoms with Crippen molar-refractivity contribution in [1.29, 1.82) is 0 Å². The second-order valence-electron chi connectivity index (χ2n) is 5.84. The predicted molar refractivity (Wildman–Crippen MR) is 73.3 cm³/mol. The van der Waals surface area contributed by atoms with Crippen molar-refractivity contribution in [3.8, 4) is 0 Å². The van der Waals surface area contributed by atoms with Crippen molar-refractivity contribution < 1.29 is 4.79 Å². The maximum Gasteiger partial charge on any atom is 0.155 e. The SMILES string of the molecule is O=C1C=C[C@@]2(Cc3ccccc3)CCCC[C@@H]2C1. The van der Waals surface area contributed by atoms with Gasteiger partial charge in [-0.3, -0.25) is 4.79 Å². The Hall–Kier alpha value is -1.37. The van der Waals surface area contributed by atoms with Crippen LogP contribution in [-0.4, -0.2) is 5.78 Å². The maximum absolute atomic E-state index is 11.6. The number of ketones is 1. The van der Waals surface area contributed by atoms with Gasteiger partial charge < -0.3 is 0 Å². The molecule has 94 valence electrons. The first-order chi connectivity index (χ1) is 8.78. The molecular formula is C17H20O. The van der Waals surface area contributed by atoms with E-state index in [1.165, 1.54) is 31.2 Å². The van der Waals surface area contributed by atoms with Crippen LogP contribution in [0.4, 0.5) is 0 Å². The zero-order chi connectivity index (χ0) is 12.4. The van der Waals surface area contributed by atoms with Crippen molar-refractivity contribution in [3.05, 3.63) is 48.0 Å². The monoisotopic (exact) mass is 240 g/mol. The average molecular weight is 240 g/mol. The van der Waals surface area contributed by atoms with Gasteiger partial charge >= 0.3 is 0 Å². The lowest BCUT2D eigenvalue weighted by Gasteiger charge is -2.44. The zero-order valence-corrected chi connectivity index (χ0v) is 10.8. The molecule has 0 aliphatic heterocycles. The van der Waals surface area contributed by atoms with Gasteiger partial charge in [0, 0.05) is 6.42 Å². The highest BCUT2D eigenvalue weighted by atomic mass is 16.1. The Morgan fingerprint density at radius 1 is 1.17 bits per heavy atom. The van der Waals surface area contributed by atoms with E-state index in [2.05, 4.69) is 36.4 Å². The summed E-state index contributed by atoms with van der Waals surface area (Å²) in [6.45, 7) is 0. The largest absolute Gasteiger partial charge is 0.295 e. The number of benzene rings is 1. The van der Waals surface area contributed by atoms with Crippen LogP contribution < -0.4 is 0 Å². The first-order valence-electron chi connectivity index (χ1n) is 7.04. The van der Waals surface area contributed by atoms with Gasteiger partial charge in [0.25, 0.3) is 0 Å². The zero-order valence-electron chi connectivity index (χ0n) is 10.8. The van der Waals surface area contributed by atoms with Gasteiger partial charge in [0.05, 0.1) is 0 Å². The van der Waals surface area contributed by atoms with Gasteiger partial charge in [0.15, 0.2) is 5.78 Å². The van der Waals surface area contributed by atoms with Crippen LogP contribution in [0.2, 0.25) is 0 Å². The third-order valence-electron chi connectivity index (χ3n) is 4.68. The van der Waals surface area contributed by atoms with Crippen LogP contribution in [-0.2, 0) is 11.2 Å². The lowest BCUT2D eigenvalue weighted by atomic mass is 9.60. The standard InChI is InChI=1S/C17H20O/c18-16-9-11-17(10-5-4-8-15(17)12-16)13-14-6-2-1-3-7-14/h1-3,6-7,9,11,15H,4-5,8,10,12-13H2/t15-,17-/m1/s1. The van der Waals surface area contributed by atoms with E-state index in [0.29, 0.717) is 11.7 Å². The molecule has 0 amide bonds. The topological polar surface area (TPSA) is 17.1 Å². The molecule has 1 nitrogen and oxygen atoms in total. The minimum absolute atomic E-state index is 0.257. The minimum Gasteiger partial charge on any atom is -0.295 e. The van der Waals surface area contributed by atoms with Gasteiger partial charge in [-0.05, 0) is 42.2 Å². The normalized spacial score (nSPS) is 31.1. The Morgan fingerprint density at radius 3 is 2.83 bits per heavy atom. The molecule has 1 saturated carbocycles. The summed E-state index contributed by atoms with van der Waals surface area (Å²) in [6, 6.07) is 10.7. The molecule has 2 aliphatic rings. The number of hydrogen-bond acceptors (Lipinski definition) is 1. The molecule has 1 aromatic rings. The van der Waals surface area contributed by atoms with Crippen molar-refractivity contribution in [3.63, 3.8) is 0 Å². The third-order valence-corrected chi connectivity index (χ3v) is 4.68. The average Bonchev–Trinajstić information content (AvgIpc) is 2.40. The van der Waals surface area contributed by atoms with E-state index in [4.69, 9.17) is 0 Å². The number of carbonyl (C=O) groups excluding carboxylic acids is 1. The Labute approximate surface area is 109 Å². The van der Waals surface area contributed by atoms with E-state index in [1.54, 1.807) is 0 Å². The molecule has 1 fully saturated rings. The van der Waals surface area contributed by atoms with Crippen LogP contribution in [0.1, 0.15) is 37.7 Å². The number of carbonyl (C=O) groups is 1. The molecule has 0 unspecified atom stereocenters. The van der Waals surface area contributed by atoms with Gasteiger partial charge in [-0.1, -0.05) is 49.2 Å². The van der Waals surface area contributed by atoms with E-state index in [1.807, 2.05) is 6.08 Å². The molecule has 0 N–H and O–H groups in total. The summed E-state index contributed by atoms with van der Waals surface area (Å²) < 4.78 is 0. The first kappa shape index (κ1) is 11.7. The molecule has 0 heterocycles. The lowest BCUT2D eigenvalue weighted by molar-refractivity contribution is -0.117.